The molecule has 1 aromatic carbocycles. The van der Waals surface area contributed by atoms with Crippen LogP contribution in [0.15, 0.2) is 17.0 Å². The van der Waals surface area contributed by atoms with E-state index in [2.05, 4.69) is 0 Å². The molecule has 1 heterocycles. The maximum atomic E-state index is 13.9. The van der Waals surface area contributed by atoms with Crippen LogP contribution in [0.1, 0.15) is 26.7 Å². The van der Waals surface area contributed by atoms with Crippen molar-refractivity contribution >= 4 is 15.9 Å². The van der Waals surface area contributed by atoms with Crippen LogP contribution in [0.3, 0.4) is 0 Å². The summed E-state index contributed by atoms with van der Waals surface area (Å²) < 4.78 is 66.6. The van der Waals surface area contributed by atoms with Gasteiger partial charge in [0.1, 0.15) is 4.90 Å². The van der Waals surface area contributed by atoms with Crippen molar-refractivity contribution in [1.29, 1.82) is 0 Å². The Bertz CT molecular complexity index is 751. The molecule has 1 fully saturated rings. The second-order valence-corrected chi connectivity index (χ2v) is 7.79. The third-order valence-corrected chi connectivity index (χ3v) is 6.31. The summed E-state index contributed by atoms with van der Waals surface area (Å²) in [5, 5.41) is 0. The van der Waals surface area contributed by atoms with E-state index in [1.807, 2.05) is 13.8 Å². The molecule has 1 aliphatic rings. The normalized spacial score (nSPS) is 19.0. The lowest BCUT2D eigenvalue weighted by molar-refractivity contribution is -0.136. The van der Waals surface area contributed by atoms with Crippen LogP contribution in [0.2, 0.25) is 0 Å². The van der Waals surface area contributed by atoms with E-state index in [9.17, 15) is 26.4 Å². The van der Waals surface area contributed by atoms with Crippen LogP contribution in [0.25, 0.3) is 0 Å². The van der Waals surface area contributed by atoms with Crippen molar-refractivity contribution in [2.24, 2.45) is 5.92 Å². The second-order valence-electron chi connectivity index (χ2n) is 5.89. The average molecular weight is 378 g/mol. The molecular formula is C16H21F3N2O3S. The molecular weight excluding hydrogens is 357 g/mol. The highest BCUT2D eigenvalue weighted by Gasteiger charge is 2.36. The fraction of sp³-hybridized carbons (Fsp3) is 0.562. The number of halogens is 3. The van der Waals surface area contributed by atoms with E-state index in [0.717, 1.165) is 4.31 Å². The highest BCUT2D eigenvalue weighted by molar-refractivity contribution is 7.89. The van der Waals surface area contributed by atoms with Crippen molar-refractivity contribution in [3.63, 3.8) is 0 Å². The van der Waals surface area contributed by atoms with Gasteiger partial charge in [-0.05, 0) is 38.8 Å². The van der Waals surface area contributed by atoms with Crippen molar-refractivity contribution in [3.8, 4) is 0 Å². The van der Waals surface area contributed by atoms with Gasteiger partial charge in [-0.1, -0.05) is 0 Å². The van der Waals surface area contributed by atoms with Gasteiger partial charge in [-0.25, -0.2) is 21.6 Å². The number of piperidine rings is 1. The van der Waals surface area contributed by atoms with Crippen molar-refractivity contribution in [2.45, 2.75) is 31.6 Å². The van der Waals surface area contributed by atoms with Gasteiger partial charge in [-0.2, -0.15) is 4.31 Å². The zero-order valence-corrected chi connectivity index (χ0v) is 15.0. The highest BCUT2D eigenvalue weighted by atomic mass is 32.2. The van der Waals surface area contributed by atoms with E-state index >= 15 is 0 Å². The minimum atomic E-state index is -4.36. The topological polar surface area (TPSA) is 57.7 Å². The molecule has 140 valence electrons. The molecule has 0 N–H and O–H groups in total. The van der Waals surface area contributed by atoms with Crippen LogP contribution in [-0.2, 0) is 14.8 Å². The summed E-state index contributed by atoms with van der Waals surface area (Å²) in [4.78, 5) is 13.2. The molecule has 0 spiro atoms. The Morgan fingerprint density at radius 3 is 2.44 bits per heavy atom. The van der Waals surface area contributed by atoms with Crippen molar-refractivity contribution < 1.29 is 26.4 Å². The first-order chi connectivity index (χ1) is 11.7. The lowest BCUT2D eigenvalue weighted by Crippen LogP contribution is -2.46. The monoisotopic (exact) mass is 378 g/mol. The Hall–Kier alpha value is -1.61. The van der Waals surface area contributed by atoms with E-state index in [1.54, 1.807) is 4.90 Å². The molecule has 5 nitrogen and oxygen atoms in total. The molecule has 0 saturated carbocycles. The van der Waals surface area contributed by atoms with Gasteiger partial charge in [0.05, 0.1) is 5.92 Å². The van der Waals surface area contributed by atoms with Gasteiger partial charge in [0.2, 0.25) is 15.9 Å². The molecule has 1 saturated heterocycles. The van der Waals surface area contributed by atoms with E-state index < -0.39 is 38.3 Å². The van der Waals surface area contributed by atoms with Crippen LogP contribution in [0, 0.1) is 23.4 Å². The van der Waals surface area contributed by atoms with Crippen LogP contribution >= 0.6 is 0 Å². The lowest BCUT2D eigenvalue weighted by atomic mass is 9.98. The van der Waals surface area contributed by atoms with Gasteiger partial charge >= 0.3 is 0 Å². The van der Waals surface area contributed by atoms with E-state index in [4.69, 9.17) is 0 Å². The first-order valence-electron chi connectivity index (χ1n) is 8.16. The molecule has 2 rings (SSSR count). The second kappa shape index (κ2) is 7.74. The Morgan fingerprint density at radius 2 is 1.84 bits per heavy atom. The standard InChI is InChI=1S/C16H21F3N2O3S/c1-3-20(4-2)16(22)11-6-5-9-21(10-11)25(23,24)13-8-7-12(17)14(18)15(13)19/h7-8,11H,3-6,9-10H2,1-2H3. The van der Waals surface area contributed by atoms with Gasteiger partial charge in [-0.3, -0.25) is 4.79 Å². The molecule has 0 bridgehead atoms. The van der Waals surface area contributed by atoms with E-state index in [-0.39, 0.29) is 19.0 Å². The van der Waals surface area contributed by atoms with Gasteiger partial charge < -0.3 is 4.90 Å². The third kappa shape index (κ3) is 3.82. The van der Waals surface area contributed by atoms with Gasteiger partial charge in [0.15, 0.2) is 17.5 Å². The summed E-state index contributed by atoms with van der Waals surface area (Å²) in [5.74, 6) is -5.71. The third-order valence-electron chi connectivity index (χ3n) is 4.43. The summed E-state index contributed by atoms with van der Waals surface area (Å²) in [7, 11) is -4.36. The van der Waals surface area contributed by atoms with Crippen LogP contribution in [0.4, 0.5) is 13.2 Å². The number of benzene rings is 1. The number of carbonyl (C=O) groups excluding carboxylic acids is 1. The predicted molar refractivity (Wildman–Crippen MR) is 85.7 cm³/mol. The van der Waals surface area contributed by atoms with Gasteiger partial charge in [-0.15, -0.1) is 0 Å². The first kappa shape index (κ1) is 19.7. The number of sulfonamides is 1. The minimum absolute atomic E-state index is 0.1000. The van der Waals surface area contributed by atoms with Crippen molar-refractivity contribution in [3.05, 3.63) is 29.6 Å². The maximum Gasteiger partial charge on any atom is 0.246 e. The zero-order valence-electron chi connectivity index (χ0n) is 14.1. The Balaban J connectivity index is 2.28. The molecule has 0 aliphatic carbocycles. The summed E-state index contributed by atoms with van der Waals surface area (Å²) >= 11 is 0. The molecule has 0 aromatic heterocycles. The fourth-order valence-electron chi connectivity index (χ4n) is 3.00. The number of carbonyl (C=O) groups is 1. The molecule has 1 amide bonds. The van der Waals surface area contributed by atoms with Gasteiger partial charge in [0.25, 0.3) is 0 Å². The minimum Gasteiger partial charge on any atom is -0.343 e. The Labute approximate surface area is 145 Å². The molecule has 1 aliphatic heterocycles. The molecule has 1 atom stereocenters. The number of hydrogen-bond acceptors (Lipinski definition) is 3. The van der Waals surface area contributed by atoms with Crippen LogP contribution in [-0.4, -0.2) is 49.7 Å². The zero-order chi connectivity index (χ0) is 18.8. The summed E-state index contributed by atoms with van der Waals surface area (Å²) in [6.07, 6.45) is 0.962. The SMILES string of the molecule is CCN(CC)C(=O)C1CCCN(S(=O)(=O)c2ccc(F)c(F)c2F)C1. The lowest BCUT2D eigenvalue weighted by Gasteiger charge is -2.33. The number of rotatable bonds is 5. The summed E-state index contributed by atoms with van der Waals surface area (Å²) in [6.45, 7) is 4.68. The van der Waals surface area contributed by atoms with Crippen LogP contribution < -0.4 is 0 Å². The molecule has 1 unspecified atom stereocenters. The number of nitrogens with zero attached hydrogens (tertiary/aromatic N) is 2. The van der Waals surface area contributed by atoms with Gasteiger partial charge in [0, 0.05) is 26.2 Å². The van der Waals surface area contributed by atoms with Crippen molar-refractivity contribution in [2.75, 3.05) is 26.2 Å². The smallest absolute Gasteiger partial charge is 0.246 e. The average Bonchev–Trinajstić information content (AvgIpc) is 2.60. The summed E-state index contributed by atoms with van der Waals surface area (Å²) in [6, 6.07) is 1.28. The largest absolute Gasteiger partial charge is 0.343 e. The number of amides is 1. The number of hydrogen-bond donors (Lipinski definition) is 0. The molecule has 25 heavy (non-hydrogen) atoms. The van der Waals surface area contributed by atoms with Crippen molar-refractivity contribution in [1.82, 2.24) is 9.21 Å². The molecule has 9 heteroatoms. The Kier molecular flexibility index (Phi) is 6.10. The Morgan fingerprint density at radius 1 is 1.20 bits per heavy atom. The van der Waals surface area contributed by atoms with E-state index in [1.165, 1.54) is 0 Å². The molecule has 0 radical (unpaired) electrons. The summed E-state index contributed by atoms with van der Waals surface area (Å²) in [5.41, 5.74) is 0. The first-order valence-corrected chi connectivity index (χ1v) is 9.60. The highest BCUT2D eigenvalue weighted by Crippen LogP contribution is 2.28. The van der Waals surface area contributed by atoms with E-state index in [0.29, 0.717) is 38.1 Å². The quantitative estimate of drug-likeness (QED) is 0.739. The predicted octanol–water partition coefficient (Wildman–Crippen LogP) is 2.37. The fourth-order valence-corrected chi connectivity index (χ4v) is 4.58. The van der Waals surface area contributed by atoms with Crippen LogP contribution in [0.5, 0.6) is 0 Å². The maximum absolute atomic E-state index is 13.9. The molecule has 1 aromatic rings.